The molecule has 0 aromatic carbocycles. The molecule has 1 saturated heterocycles. The van der Waals surface area contributed by atoms with Gasteiger partial charge in [0.1, 0.15) is 0 Å². The van der Waals surface area contributed by atoms with Gasteiger partial charge in [-0.25, -0.2) is 4.98 Å². The lowest BCUT2D eigenvalue weighted by Crippen LogP contribution is -2.42. The third kappa shape index (κ3) is 3.77. The fourth-order valence-corrected chi connectivity index (χ4v) is 3.57. The summed E-state index contributed by atoms with van der Waals surface area (Å²) in [5.74, 6) is 0. The van der Waals surface area contributed by atoms with E-state index in [1.165, 1.54) is 55.8 Å². The smallest absolute Gasteiger partial charge is 0.0797 e. The van der Waals surface area contributed by atoms with Crippen molar-refractivity contribution in [1.29, 1.82) is 0 Å². The molecule has 18 heavy (non-hydrogen) atoms. The van der Waals surface area contributed by atoms with E-state index in [0.29, 0.717) is 0 Å². The molecule has 0 amide bonds. The van der Waals surface area contributed by atoms with Gasteiger partial charge in [0.2, 0.25) is 0 Å². The monoisotopic (exact) mass is 267 g/mol. The molecule has 1 unspecified atom stereocenters. The molecule has 0 spiro atoms. The zero-order valence-corrected chi connectivity index (χ0v) is 12.4. The molecular weight excluding hydrogens is 242 g/mol. The van der Waals surface area contributed by atoms with Crippen LogP contribution < -0.4 is 5.32 Å². The van der Waals surface area contributed by atoms with Crippen molar-refractivity contribution in [2.45, 2.75) is 45.1 Å². The van der Waals surface area contributed by atoms with Crippen LogP contribution in [-0.2, 0) is 6.42 Å². The van der Waals surface area contributed by atoms with Crippen LogP contribution >= 0.6 is 11.3 Å². The number of thiazole rings is 1. The predicted molar refractivity (Wildman–Crippen MR) is 78.3 cm³/mol. The van der Waals surface area contributed by atoms with E-state index < -0.39 is 0 Å². The normalized spacial score (nSPS) is 21.3. The van der Waals surface area contributed by atoms with Gasteiger partial charge in [0.05, 0.1) is 11.2 Å². The fourth-order valence-electron chi connectivity index (χ4n) is 2.80. The highest BCUT2D eigenvalue weighted by Crippen LogP contribution is 2.21. The summed E-state index contributed by atoms with van der Waals surface area (Å²) in [6.45, 7) is 5.75. The fraction of sp³-hybridized carbons (Fsp3) is 0.786. The summed E-state index contributed by atoms with van der Waals surface area (Å²) < 4.78 is 0. The van der Waals surface area contributed by atoms with Crippen LogP contribution in [-0.4, -0.2) is 42.6 Å². The summed E-state index contributed by atoms with van der Waals surface area (Å²) >= 11 is 1.81. The number of likely N-dealkylation sites (tertiary alicyclic amines) is 1. The molecule has 1 aromatic heterocycles. The molecule has 0 aliphatic carbocycles. The third-order valence-electron chi connectivity index (χ3n) is 3.95. The minimum absolute atomic E-state index is 0.791. The molecule has 2 rings (SSSR count). The van der Waals surface area contributed by atoms with Crippen LogP contribution in [0.4, 0.5) is 0 Å². The van der Waals surface area contributed by atoms with E-state index in [9.17, 15) is 0 Å². The number of nitrogens with one attached hydrogen (secondary N) is 1. The standard InChI is InChI=1S/C14H25N3S/c1-12-14(18-11-16-12)7-10-17-9-4-3-5-13(17)6-8-15-2/h11,13,15H,3-10H2,1-2H3. The van der Waals surface area contributed by atoms with Gasteiger partial charge in [-0.3, -0.25) is 4.90 Å². The van der Waals surface area contributed by atoms with Crippen molar-refractivity contribution in [2.24, 2.45) is 0 Å². The topological polar surface area (TPSA) is 28.2 Å². The average Bonchev–Trinajstić information content (AvgIpc) is 2.80. The van der Waals surface area contributed by atoms with Crippen molar-refractivity contribution in [3.8, 4) is 0 Å². The number of hydrogen-bond acceptors (Lipinski definition) is 4. The van der Waals surface area contributed by atoms with Crippen LogP contribution in [0.1, 0.15) is 36.3 Å². The van der Waals surface area contributed by atoms with Crippen LogP contribution in [0, 0.1) is 6.92 Å². The van der Waals surface area contributed by atoms with E-state index in [-0.39, 0.29) is 0 Å². The number of aromatic nitrogens is 1. The number of nitrogens with zero attached hydrogens (tertiary/aromatic N) is 2. The van der Waals surface area contributed by atoms with Gasteiger partial charge in [-0.1, -0.05) is 6.42 Å². The SMILES string of the molecule is CNCCC1CCCCN1CCc1scnc1C. The lowest BCUT2D eigenvalue weighted by atomic mass is 9.99. The van der Waals surface area contributed by atoms with E-state index >= 15 is 0 Å². The van der Waals surface area contributed by atoms with E-state index in [1.807, 2.05) is 23.9 Å². The van der Waals surface area contributed by atoms with Gasteiger partial charge in [-0.2, -0.15) is 0 Å². The van der Waals surface area contributed by atoms with Crippen molar-refractivity contribution in [2.75, 3.05) is 26.7 Å². The predicted octanol–water partition coefficient (Wildman–Crippen LogP) is 2.46. The number of rotatable bonds is 6. The van der Waals surface area contributed by atoms with Crippen molar-refractivity contribution in [3.05, 3.63) is 16.1 Å². The van der Waals surface area contributed by atoms with Crippen LogP contribution in [0.2, 0.25) is 0 Å². The Bertz CT molecular complexity index is 351. The average molecular weight is 267 g/mol. The summed E-state index contributed by atoms with van der Waals surface area (Å²) in [4.78, 5) is 8.50. The zero-order chi connectivity index (χ0) is 12.8. The lowest BCUT2D eigenvalue weighted by Gasteiger charge is -2.35. The van der Waals surface area contributed by atoms with Crippen LogP contribution in [0.3, 0.4) is 0 Å². The second-order valence-corrected chi connectivity index (χ2v) is 6.13. The summed E-state index contributed by atoms with van der Waals surface area (Å²) in [6, 6.07) is 0.791. The molecule has 0 bridgehead atoms. The molecule has 0 saturated carbocycles. The second-order valence-electron chi connectivity index (χ2n) is 5.19. The van der Waals surface area contributed by atoms with E-state index in [4.69, 9.17) is 0 Å². The molecule has 1 fully saturated rings. The second kappa shape index (κ2) is 7.22. The maximum absolute atomic E-state index is 4.34. The first-order chi connectivity index (χ1) is 8.81. The quantitative estimate of drug-likeness (QED) is 0.858. The Morgan fingerprint density at radius 2 is 2.39 bits per heavy atom. The Hall–Kier alpha value is -0.450. The van der Waals surface area contributed by atoms with E-state index in [0.717, 1.165) is 12.6 Å². The molecule has 0 radical (unpaired) electrons. The minimum Gasteiger partial charge on any atom is -0.320 e. The van der Waals surface area contributed by atoms with Gasteiger partial charge in [0.25, 0.3) is 0 Å². The molecule has 1 aliphatic heterocycles. The van der Waals surface area contributed by atoms with Crippen molar-refractivity contribution >= 4 is 11.3 Å². The first kappa shape index (κ1) is 14.0. The van der Waals surface area contributed by atoms with Gasteiger partial charge in [0.15, 0.2) is 0 Å². The van der Waals surface area contributed by atoms with Gasteiger partial charge in [-0.05, 0) is 52.7 Å². The molecule has 4 heteroatoms. The number of piperidine rings is 1. The van der Waals surface area contributed by atoms with Crippen LogP contribution in [0.5, 0.6) is 0 Å². The molecule has 3 nitrogen and oxygen atoms in total. The molecule has 1 N–H and O–H groups in total. The molecule has 1 aliphatic rings. The lowest BCUT2D eigenvalue weighted by molar-refractivity contribution is 0.142. The van der Waals surface area contributed by atoms with E-state index in [1.54, 1.807) is 0 Å². The maximum Gasteiger partial charge on any atom is 0.0797 e. The van der Waals surface area contributed by atoms with Crippen LogP contribution in [0.25, 0.3) is 0 Å². The Morgan fingerprint density at radius 1 is 1.50 bits per heavy atom. The summed E-state index contributed by atoms with van der Waals surface area (Å²) in [7, 11) is 2.05. The largest absolute Gasteiger partial charge is 0.320 e. The summed E-state index contributed by atoms with van der Waals surface area (Å²) in [6.07, 6.45) is 6.62. The Labute approximate surface area is 115 Å². The Balaban J connectivity index is 1.83. The van der Waals surface area contributed by atoms with Gasteiger partial charge in [0, 0.05) is 17.5 Å². The summed E-state index contributed by atoms with van der Waals surface area (Å²) in [5, 5.41) is 3.28. The van der Waals surface area contributed by atoms with Crippen molar-refractivity contribution < 1.29 is 0 Å². The molecule has 1 aromatic rings. The van der Waals surface area contributed by atoms with Gasteiger partial charge in [-0.15, -0.1) is 11.3 Å². The first-order valence-corrected chi connectivity index (χ1v) is 7.97. The highest BCUT2D eigenvalue weighted by Gasteiger charge is 2.21. The molecular formula is C14H25N3S. The molecule has 1 atom stereocenters. The highest BCUT2D eigenvalue weighted by molar-refractivity contribution is 7.09. The van der Waals surface area contributed by atoms with Crippen molar-refractivity contribution in [3.63, 3.8) is 0 Å². The Morgan fingerprint density at radius 3 is 3.11 bits per heavy atom. The van der Waals surface area contributed by atoms with Crippen LogP contribution in [0.15, 0.2) is 5.51 Å². The number of aryl methyl sites for hydroxylation is 1. The van der Waals surface area contributed by atoms with Gasteiger partial charge < -0.3 is 5.32 Å². The summed E-state index contributed by atoms with van der Waals surface area (Å²) in [5.41, 5.74) is 3.20. The maximum atomic E-state index is 4.34. The Kier molecular flexibility index (Phi) is 5.60. The molecule has 2 heterocycles. The number of hydrogen-bond donors (Lipinski definition) is 1. The third-order valence-corrected chi connectivity index (χ3v) is 4.94. The highest BCUT2D eigenvalue weighted by atomic mass is 32.1. The minimum atomic E-state index is 0.791. The van der Waals surface area contributed by atoms with Crippen molar-refractivity contribution in [1.82, 2.24) is 15.2 Å². The zero-order valence-electron chi connectivity index (χ0n) is 11.6. The molecule has 102 valence electrons. The van der Waals surface area contributed by atoms with Gasteiger partial charge >= 0.3 is 0 Å². The first-order valence-electron chi connectivity index (χ1n) is 7.09. The van der Waals surface area contributed by atoms with E-state index in [2.05, 4.69) is 22.1 Å².